The van der Waals surface area contributed by atoms with Crippen LogP contribution in [0.2, 0.25) is 0 Å². The molecule has 1 aliphatic carbocycles. The van der Waals surface area contributed by atoms with E-state index in [0.717, 1.165) is 24.4 Å². The first-order valence-corrected chi connectivity index (χ1v) is 7.09. The lowest BCUT2D eigenvalue weighted by Gasteiger charge is -2.11. The van der Waals surface area contributed by atoms with Crippen LogP contribution in [0.5, 0.6) is 0 Å². The molecule has 0 saturated heterocycles. The predicted octanol–water partition coefficient (Wildman–Crippen LogP) is 2.86. The summed E-state index contributed by atoms with van der Waals surface area (Å²) in [5, 5.41) is 8.36. The molecule has 21 heavy (non-hydrogen) atoms. The van der Waals surface area contributed by atoms with Crippen molar-refractivity contribution in [1.82, 2.24) is 19.9 Å². The monoisotopic (exact) mass is 280 g/mol. The topological polar surface area (TPSA) is 56.7 Å². The molecule has 3 aromatic rings. The molecule has 0 spiro atoms. The maximum Gasteiger partial charge on any atom is 0.276 e. The molecule has 0 atom stereocenters. The number of benzene rings is 1. The van der Waals surface area contributed by atoms with Crippen LogP contribution in [-0.4, -0.2) is 19.9 Å². The third-order valence-electron chi connectivity index (χ3n) is 4.21. The van der Waals surface area contributed by atoms with Crippen LogP contribution >= 0.6 is 0 Å². The zero-order valence-electron chi connectivity index (χ0n) is 12.1. The third kappa shape index (κ3) is 1.88. The van der Waals surface area contributed by atoms with Crippen LogP contribution < -0.4 is 0 Å². The Hall–Kier alpha value is -2.43. The molecule has 0 unspecified atom stereocenters. The largest absolute Gasteiger partial charge is 0.332 e. The highest BCUT2D eigenvalue weighted by atomic mass is 16.5. The van der Waals surface area contributed by atoms with Gasteiger partial charge in [-0.2, -0.15) is 10.1 Å². The highest BCUT2D eigenvalue weighted by Gasteiger charge is 2.50. The van der Waals surface area contributed by atoms with E-state index < -0.39 is 0 Å². The maximum absolute atomic E-state index is 5.45. The minimum Gasteiger partial charge on any atom is -0.332 e. The second-order valence-corrected chi connectivity index (χ2v) is 5.71. The van der Waals surface area contributed by atoms with Crippen LogP contribution in [0.25, 0.3) is 11.6 Å². The molecular weight excluding hydrogens is 264 g/mol. The normalized spacial score (nSPS) is 16.1. The lowest BCUT2D eigenvalue weighted by molar-refractivity contribution is 0.415. The summed E-state index contributed by atoms with van der Waals surface area (Å²) >= 11 is 0. The molecule has 1 fully saturated rings. The first-order valence-electron chi connectivity index (χ1n) is 7.09. The van der Waals surface area contributed by atoms with Crippen molar-refractivity contribution in [3.05, 3.63) is 53.5 Å². The summed E-state index contributed by atoms with van der Waals surface area (Å²) in [7, 11) is 1.87. The second-order valence-electron chi connectivity index (χ2n) is 5.71. The van der Waals surface area contributed by atoms with E-state index in [1.165, 1.54) is 11.1 Å². The van der Waals surface area contributed by atoms with Gasteiger partial charge in [-0.1, -0.05) is 35.0 Å². The van der Waals surface area contributed by atoms with E-state index in [4.69, 9.17) is 4.52 Å². The van der Waals surface area contributed by atoms with Crippen molar-refractivity contribution in [2.24, 2.45) is 7.05 Å². The Morgan fingerprint density at radius 1 is 1.24 bits per heavy atom. The number of hydrogen-bond acceptors (Lipinski definition) is 4. The van der Waals surface area contributed by atoms with Crippen LogP contribution in [0.15, 0.2) is 41.1 Å². The number of rotatable bonds is 3. The summed E-state index contributed by atoms with van der Waals surface area (Å²) in [6.07, 6.45) is 3.87. The number of hydrogen-bond donors (Lipinski definition) is 0. The first-order chi connectivity index (χ1) is 10.2. The average molecular weight is 280 g/mol. The van der Waals surface area contributed by atoms with E-state index in [2.05, 4.69) is 46.4 Å². The second kappa shape index (κ2) is 4.28. The van der Waals surface area contributed by atoms with Crippen LogP contribution in [-0.2, 0) is 12.5 Å². The van der Waals surface area contributed by atoms with Crippen LogP contribution in [0.4, 0.5) is 0 Å². The zero-order chi connectivity index (χ0) is 14.4. The summed E-state index contributed by atoms with van der Waals surface area (Å²) < 4.78 is 7.19. The molecule has 0 radical (unpaired) electrons. The molecule has 2 heterocycles. The quantitative estimate of drug-likeness (QED) is 0.740. The van der Waals surface area contributed by atoms with E-state index in [1.807, 2.05) is 13.1 Å². The minimum absolute atomic E-state index is 0.0631. The standard InChI is InChI=1S/C16H16N4O/c1-11-4-3-5-12(10-11)16(7-8-16)15-18-14(21-19-15)13-6-9-17-20(13)2/h3-6,9-10H,7-8H2,1-2H3. The van der Waals surface area contributed by atoms with Crippen LogP contribution in [0.3, 0.4) is 0 Å². The van der Waals surface area contributed by atoms with Gasteiger partial charge in [-0.05, 0) is 31.4 Å². The van der Waals surface area contributed by atoms with Gasteiger partial charge in [0.2, 0.25) is 0 Å². The van der Waals surface area contributed by atoms with Crippen molar-refractivity contribution in [2.75, 3.05) is 0 Å². The van der Waals surface area contributed by atoms with E-state index in [1.54, 1.807) is 10.9 Å². The van der Waals surface area contributed by atoms with Gasteiger partial charge in [0.05, 0.1) is 5.41 Å². The fourth-order valence-electron chi connectivity index (χ4n) is 2.81. The number of aromatic nitrogens is 4. The van der Waals surface area contributed by atoms with Crippen molar-refractivity contribution in [3.8, 4) is 11.6 Å². The SMILES string of the molecule is Cc1cccc(C2(c3noc(-c4ccnn4C)n3)CC2)c1. The molecule has 0 aliphatic heterocycles. The third-order valence-corrected chi connectivity index (χ3v) is 4.21. The summed E-state index contributed by atoms with van der Waals surface area (Å²) in [6, 6.07) is 10.4. The average Bonchev–Trinajstić information content (AvgIpc) is 2.94. The van der Waals surface area contributed by atoms with Crippen LogP contribution in [0.1, 0.15) is 29.8 Å². The molecule has 1 aliphatic rings. The minimum atomic E-state index is -0.0631. The Balaban J connectivity index is 1.75. The van der Waals surface area contributed by atoms with Crippen molar-refractivity contribution in [2.45, 2.75) is 25.2 Å². The Kier molecular flexibility index (Phi) is 2.51. The first kappa shape index (κ1) is 12.3. The molecule has 5 nitrogen and oxygen atoms in total. The van der Waals surface area contributed by atoms with E-state index >= 15 is 0 Å². The lowest BCUT2D eigenvalue weighted by Crippen LogP contribution is -2.11. The van der Waals surface area contributed by atoms with Crippen LogP contribution in [0, 0.1) is 6.92 Å². The number of nitrogens with zero attached hydrogens (tertiary/aromatic N) is 4. The van der Waals surface area contributed by atoms with Gasteiger partial charge in [-0.25, -0.2) is 0 Å². The molecule has 4 rings (SSSR count). The smallest absolute Gasteiger partial charge is 0.276 e. The fourth-order valence-corrected chi connectivity index (χ4v) is 2.81. The zero-order valence-corrected chi connectivity index (χ0v) is 12.1. The van der Waals surface area contributed by atoms with Gasteiger partial charge >= 0.3 is 0 Å². The molecule has 1 aromatic carbocycles. The van der Waals surface area contributed by atoms with E-state index in [9.17, 15) is 0 Å². The summed E-state index contributed by atoms with van der Waals surface area (Å²) in [5.74, 6) is 1.31. The van der Waals surface area contributed by atoms with Gasteiger partial charge in [0.1, 0.15) is 5.69 Å². The maximum atomic E-state index is 5.45. The summed E-state index contributed by atoms with van der Waals surface area (Å²) in [5.41, 5.74) is 3.31. The molecular formula is C16H16N4O. The van der Waals surface area contributed by atoms with Crippen molar-refractivity contribution >= 4 is 0 Å². The Labute approximate surface area is 122 Å². The predicted molar refractivity (Wildman–Crippen MR) is 77.7 cm³/mol. The van der Waals surface area contributed by atoms with Gasteiger partial charge in [0, 0.05) is 13.2 Å². The highest BCUT2D eigenvalue weighted by molar-refractivity contribution is 5.48. The molecule has 0 bridgehead atoms. The lowest BCUT2D eigenvalue weighted by atomic mass is 9.94. The molecule has 106 valence electrons. The number of aryl methyl sites for hydroxylation is 2. The van der Waals surface area contributed by atoms with E-state index in [-0.39, 0.29) is 5.41 Å². The van der Waals surface area contributed by atoms with E-state index in [0.29, 0.717) is 5.89 Å². The molecule has 0 N–H and O–H groups in total. The summed E-state index contributed by atoms with van der Waals surface area (Å²) in [4.78, 5) is 4.62. The molecule has 0 amide bonds. The molecule has 2 aromatic heterocycles. The Morgan fingerprint density at radius 2 is 2.10 bits per heavy atom. The van der Waals surface area contributed by atoms with Gasteiger partial charge in [0.15, 0.2) is 5.82 Å². The molecule has 5 heteroatoms. The van der Waals surface area contributed by atoms with Crippen molar-refractivity contribution < 1.29 is 4.52 Å². The Morgan fingerprint density at radius 3 is 2.76 bits per heavy atom. The molecule has 1 saturated carbocycles. The van der Waals surface area contributed by atoms with Gasteiger partial charge < -0.3 is 4.52 Å². The highest BCUT2D eigenvalue weighted by Crippen LogP contribution is 2.52. The summed E-state index contributed by atoms with van der Waals surface area (Å²) in [6.45, 7) is 2.11. The fraction of sp³-hybridized carbons (Fsp3) is 0.312. The van der Waals surface area contributed by atoms with Gasteiger partial charge in [-0.15, -0.1) is 0 Å². The van der Waals surface area contributed by atoms with Crippen molar-refractivity contribution in [1.29, 1.82) is 0 Å². The Bertz CT molecular complexity index is 798. The van der Waals surface area contributed by atoms with Gasteiger partial charge in [0.25, 0.3) is 5.89 Å². The van der Waals surface area contributed by atoms with Gasteiger partial charge in [-0.3, -0.25) is 4.68 Å². The van der Waals surface area contributed by atoms with Crippen molar-refractivity contribution in [3.63, 3.8) is 0 Å².